The molecule has 0 saturated carbocycles. The minimum Gasteiger partial charge on any atom is -0.378 e. The van der Waals surface area contributed by atoms with Gasteiger partial charge in [0.25, 0.3) is 0 Å². The molecule has 0 aliphatic rings. The summed E-state index contributed by atoms with van der Waals surface area (Å²) in [5.41, 5.74) is 3.13. The first-order valence-electron chi connectivity index (χ1n) is 6.73. The molecular weight excluding hydrogens is 250 g/mol. The third-order valence-corrected chi connectivity index (χ3v) is 3.33. The van der Waals surface area contributed by atoms with E-state index in [1.165, 1.54) is 5.69 Å². The van der Waals surface area contributed by atoms with Crippen LogP contribution in [0, 0.1) is 0 Å². The highest BCUT2D eigenvalue weighted by atomic mass is 16.1. The van der Waals surface area contributed by atoms with Crippen LogP contribution in [-0.2, 0) is 18.3 Å². The van der Waals surface area contributed by atoms with Gasteiger partial charge in [-0.15, -0.1) is 0 Å². The molecule has 1 aromatic carbocycles. The van der Waals surface area contributed by atoms with Gasteiger partial charge in [-0.25, -0.2) is 0 Å². The smallest absolute Gasteiger partial charge is 0.224 e. The molecule has 0 saturated heterocycles. The molecule has 0 atom stereocenters. The molecule has 4 heteroatoms. The van der Waals surface area contributed by atoms with Crippen molar-refractivity contribution in [1.82, 2.24) is 4.57 Å². The minimum absolute atomic E-state index is 0.0452. The lowest BCUT2D eigenvalue weighted by molar-refractivity contribution is -0.116. The van der Waals surface area contributed by atoms with Gasteiger partial charge in [0.2, 0.25) is 5.91 Å². The largest absolute Gasteiger partial charge is 0.378 e. The van der Waals surface area contributed by atoms with Crippen molar-refractivity contribution in [3.05, 3.63) is 48.3 Å². The topological polar surface area (TPSA) is 37.3 Å². The first kappa shape index (κ1) is 14.2. The van der Waals surface area contributed by atoms with E-state index in [4.69, 9.17) is 0 Å². The zero-order chi connectivity index (χ0) is 14.5. The van der Waals surface area contributed by atoms with Crippen LogP contribution < -0.4 is 10.2 Å². The van der Waals surface area contributed by atoms with Crippen molar-refractivity contribution >= 4 is 17.3 Å². The van der Waals surface area contributed by atoms with E-state index in [1.54, 1.807) is 0 Å². The second kappa shape index (κ2) is 6.28. The monoisotopic (exact) mass is 271 g/mol. The van der Waals surface area contributed by atoms with Crippen LogP contribution in [0.25, 0.3) is 0 Å². The summed E-state index contributed by atoms with van der Waals surface area (Å²) < 4.78 is 2.04. The highest BCUT2D eigenvalue weighted by Gasteiger charge is 2.05. The number of nitrogens with one attached hydrogen (secondary N) is 1. The maximum Gasteiger partial charge on any atom is 0.224 e. The number of carbonyl (C=O) groups is 1. The number of aryl methyl sites for hydroxylation is 2. The molecule has 0 bridgehead atoms. The van der Waals surface area contributed by atoms with Gasteiger partial charge in [0.1, 0.15) is 0 Å². The van der Waals surface area contributed by atoms with Gasteiger partial charge in [0.15, 0.2) is 0 Å². The maximum absolute atomic E-state index is 11.9. The van der Waals surface area contributed by atoms with Crippen molar-refractivity contribution < 1.29 is 4.79 Å². The maximum atomic E-state index is 11.9. The zero-order valence-corrected chi connectivity index (χ0v) is 12.3. The Morgan fingerprint density at radius 3 is 2.45 bits per heavy atom. The van der Waals surface area contributed by atoms with Crippen LogP contribution in [0.15, 0.2) is 42.6 Å². The zero-order valence-electron chi connectivity index (χ0n) is 12.3. The lowest BCUT2D eigenvalue weighted by Crippen LogP contribution is -2.13. The Morgan fingerprint density at radius 2 is 1.90 bits per heavy atom. The van der Waals surface area contributed by atoms with Crippen LogP contribution >= 0.6 is 0 Å². The summed E-state index contributed by atoms with van der Waals surface area (Å²) in [6.07, 6.45) is 3.24. The van der Waals surface area contributed by atoms with Crippen LogP contribution in [0.1, 0.15) is 12.1 Å². The summed E-state index contributed by atoms with van der Waals surface area (Å²) in [6.45, 7) is 0. The van der Waals surface area contributed by atoms with Gasteiger partial charge in [-0.3, -0.25) is 4.79 Å². The van der Waals surface area contributed by atoms with Crippen LogP contribution in [-0.4, -0.2) is 24.6 Å². The summed E-state index contributed by atoms with van der Waals surface area (Å²) in [6, 6.07) is 11.9. The average molecular weight is 271 g/mol. The van der Waals surface area contributed by atoms with Crippen LogP contribution in [0.5, 0.6) is 0 Å². The van der Waals surface area contributed by atoms with Crippen molar-refractivity contribution in [2.24, 2.45) is 7.05 Å². The molecule has 0 spiro atoms. The van der Waals surface area contributed by atoms with Gasteiger partial charge in [0, 0.05) is 50.8 Å². The fourth-order valence-electron chi connectivity index (χ4n) is 2.06. The predicted molar refractivity (Wildman–Crippen MR) is 83.1 cm³/mol. The summed E-state index contributed by atoms with van der Waals surface area (Å²) in [4.78, 5) is 13.9. The van der Waals surface area contributed by atoms with E-state index >= 15 is 0 Å². The van der Waals surface area contributed by atoms with Crippen molar-refractivity contribution in [2.75, 3.05) is 24.3 Å². The molecule has 0 fully saturated rings. The molecule has 0 aliphatic carbocycles. The Balaban J connectivity index is 1.86. The van der Waals surface area contributed by atoms with Gasteiger partial charge in [0.05, 0.1) is 0 Å². The van der Waals surface area contributed by atoms with Crippen LogP contribution in [0.2, 0.25) is 0 Å². The first-order chi connectivity index (χ1) is 9.56. The van der Waals surface area contributed by atoms with E-state index in [1.807, 2.05) is 73.2 Å². The number of hydrogen-bond donors (Lipinski definition) is 1. The molecule has 1 N–H and O–H groups in total. The molecule has 20 heavy (non-hydrogen) atoms. The van der Waals surface area contributed by atoms with E-state index < -0.39 is 0 Å². The van der Waals surface area contributed by atoms with Gasteiger partial charge in [-0.1, -0.05) is 0 Å². The molecule has 1 heterocycles. The summed E-state index contributed by atoms with van der Waals surface area (Å²) in [7, 11) is 5.98. The van der Waals surface area contributed by atoms with Gasteiger partial charge >= 0.3 is 0 Å². The van der Waals surface area contributed by atoms with Crippen LogP contribution in [0.4, 0.5) is 11.4 Å². The van der Waals surface area contributed by atoms with Crippen molar-refractivity contribution in [3.63, 3.8) is 0 Å². The first-order valence-corrected chi connectivity index (χ1v) is 6.73. The number of hydrogen-bond acceptors (Lipinski definition) is 2. The van der Waals surface area contributed by atoms with Crippen molar-refractivity contribution in [3.8, 4) is 0 Å². The third-order valence-electron chi connectivity index (χ3n) is 3.33. The third kappa shape index (κ3) is 3.63. The fourth-order valence-corrected chi connectivity index (χ4v) is 2.06. The predicted octanol–water partition coefficient (Wildman–Crippen LogP) is 2.66. The fraction of sp³-hybridized carbons (Fsp3) is 0.312. The number of nitrogens with zero attached hydrogens (tertiary/aromatic N) is 2. The Kier molecular flexibility index (Phi) is 4.45. The summed E-state index contributed by atoms with van der Waals surface area (Å²) in [5, 5.41) is 2.92. The van der Waals surface area contributed by atoms with Gasteiger partial charge in [-0.05, 0) is 42.8 Å². The Hall–Kier alpha value is -2.23. The lowest BCUT2D eigenvalue weighted by Gasteiger charge is -2.13. The molecule has 2 aromatic rings. The number of amides is 1. The molecule has 0 unspecified atom stereocenters. The van der Waals surface area contributed by atoms with Crippen molar-refractivity contribution in [2.45, 2.75) is 12.8 Å². The molecule has 4 nitrogen and oxygen atoms in total. The Morgan fingerprint density at radius 1 is 1.20 bits per heavy atom. The Labute approximate surface area is 120 Å². The minimum atomic E-state index is 0.0452. The Bertz CT molecular complexity index is 570. The lowest BCUT2D eigenvalue weighted by atomic mass is 10.2. The highest BCUT2D eigenvalue weighted by molar-refractivity contribution is 5.91. The van der Waals surface area contributed by atoms with Crippen molar-refractivity contribution in [1.29, 1.82) is 0 Å². The number of benzene rings is 1. The van der Waals surface area contributed by atoms with Gasteiger partial charge in [-0.2, -0.15) is 0 Å². The molecule has 106 valence electrons. The number of carbonyl (C=O) groups excluding carboxylic acids is 1. The summed E-state index contributed by atoms with van der Waals surface area (Å²) in [5.74, 6) is 0.0452. The molecule has 1 amide bonds. The normalized spacial score (nSPS) is 10.3. The van der Waals surface area contributed by atoms with E-state index in [0.717, 1.165) is 17.8 Å². The van der Waals surface area contributed by atoms with E-state index in [0.29, 0.717) is 6.42 Å². The average Bonchev–Trinajstić information content (AvgIpc) is 2.82. The molecule has 2 rings (SSSR count). The number of anilines is 2. The van der Waals surface area contributed by atoms with Gasteiger partial charge < -0.3 is 14.8 Å². The molecule has 0 radical (unpaired) electrons. The van der Waals surface area contributed by atoms with E-state index in [9.17, 15) is 4.79 Å². The molecular formula is C16H21N3O. The summed E-state index contributed by atoms with van der Waals surface area (Å²) >= 11 is 0. The van der Waals surface area contributed by atoms with E-state index in [-0.39, 0.29) is 5.91 Å². The highest BCUT2D eigenvalue weighted by Crippen LogP contribution is 2.16. The second-order valence-corrected chi connectivity index (χ2v) is 5.10. The van der Waals surface area contributed by atoms with E-state index in [2.05, 4.69) is 5.32 Å². The SMILES string of the molecule is CN(C)c1ccc(NC(=O)CCc2cccn2C)cc1. The quantitative estimate of drug-likeness (QED) is 0.907. The standard InChI is InChI=1S/C16H21N3O/c1-18(2)14-8-6-13(7-9-14)17-16(20)11-10-15-5-4-12-19(15)3/h4-9,12H,10-11H2,1-3H3,(H,17,20). The number of aromatic nitrogens is 1. The number of rotatable bonds is 5. The molecule has 0 aliphatic heterocycles. The second-order valence-electron chi connectivity index (χ2n) is 5.10. The van der Waals surface area contributed by atoms with Crippen LogP contribution in [0.3, 0.4) is 0 Å². The molecule has 1 aromatic heterocycles.